The molecule has 1 saturated heterocycles. The van der Waals surface area contributed by atoms with E-state index in [0.717, 1.165) is 28.8 Å². The lowest BCUT2D eigenvalue weighted by molar-refractivity contribution is 0.0768. The Labute approximate surface area is 218 Å². The highest BCUT2D eigenvalue weighted by molar-refractivity contribution is 7.11. The van der Waals surface area contributed by atoms with Gasteiger partial charge in [0, 0.05) is 40.9 Å². The largest absolute Gasteiger partial charge is 0.335 e. The molecule has 2 aromatic heterocycles. The van der Waals surface area contributed by atoms with Gasteiger partial charge < -0.3 is 4.90 Å². The van der Waals surface area contributed by atoms with Gasteiger partial charge in [-0.15, -0.1) is 11.3 Å². The van der Waals surface area contributed by atoms with Gasteiger partial charge in [0.15, 0.2) is 5.01 Å². The second-order valence-corrected chi connectivity index (χ2v) is 11.1. The first-order valence-corrected chi connectivity index (χ1v) is 13.3. The molecule has 0 bridgehead atoms. The number of rotatable bonds is 4. The first kappa shape index (κ1) is 22.4. The normalized spacial score (nSPS) is 22.4. The fourth-order valence-electron chi connectivity index (χ4n) is 6.47. The van der Waals surface area contributed by atoms with E-state index in [1.54, 1.807) is 12.1 Å². The molecule has 2 aliphatic rings. The summed E-state index contributed by atoms with van der Waals surface area (Å²) in [5.41, 5.74) is 6.34. The number of thiazole rings is 1. The van der Waals surface area contributed by atoms with E-state index in [0.29, 0.717) is 23.4 Å². The monoisotopic (exact) mass is 508 g/mol. The van der Waals surface area contributed by atoms with Crippen LogP contribution in [0.25, 0.3) is 16.6 Å². The van der Waals surface area contributed by atoms with E-state index in [9.17, 15) is 9.18 Å². The molecule has 2 fully saturated rings. The molecule has 3 atom stereocenters. The second-order valence-electron chi connectivity index (χ2n) is 10.3. The molecule has 1 aliphatic heterocycles. The summed E-state index contributed by atoms with van der Waals surface area (Å²) in [6.45, 7) is 5.47. The van der Waals surface area contributed by atoms with Crippen LogP contribution in [0, 0.1) is 25.6 Å². The van der Waals surface area contributed by atoms with Crippen molar-refractivity contribution in [3.63, 3.8) is 0 Å². The molecule has 1 saturated carbocycles. The smallest absolute Gasteiger partial charge is 0.282 e. The Morgan fingerprint density at radius 1 is 1.08 bits per heavy atom. The number of hydrogen-bond donors (Lipinski definition) is 0. The Kier molecular flexibility index (Phi) is 4.88. The van der Waals surface area contributed by atoms with Crippen molar-refractivity contribution in [3.8, 4) is 5.69 Å². The maximum absolute atomic E-state index is 13.5. The molecular weight excluding hydrogens is 483 g/mol. The maximum atomic E-state index is 13.5. The van der Waals surface area contributed by atoms with E-state index in [4.69, 9.17) is 0 Å². The van der Waals surface area contributed by atoms with Crippen LogP contribution in [0.1, 0.15) is 38.1 Å². The molecule has 7 rings (SSSR count). The van der Waals surface area contributed by atoms with Crippen LogP contribution in [0.4, 0.5) is 4.39 Å². The van der Waals surface area contributed by atoms with Crippen molar-refractivity contribution < 1.29 is 9.18 Å². The van der Waals surface area contributed by atoms with Crippen molar-refractivity contribution >= 4 is 28.1 Å². The Bertz CT molecular complexity index is 1660. The summed E-state index contributed by atoms with van der Waals surface area (Å²) in [4.78, 5) is 19.8. The molecule has 5 aromatic rings. The minimum Gasteiger partial charge on any atom is -0.335 e. The fraction of sp³-hybridized carbons (Fsp3) is 0.233. The summed E-state index contributed by atoms with van der Waals surface area (Å²) in [7, 11) is 0. The Hall–Kier alpha value is -3.84. The van der Waals surface area contributed by atoms with Gasteiger partial charge in [0.05, 0.1) is 17.4 Å². The molecule has 1 aliphatic carbocycles. The Morgan fingerprint density at radius 3 is 2.59 bits per heavy atom. The van der Waals surface area contributed by atoms with Gasteiger partial charge >= 0.3 is 0 Å². The lowest BCUT2D eigenvalue weighted by atomic mass is 9.86. The SMILES string of the molecule is Cc1csc(C(=O)N2C[C@@H]3[C@@H](c4ccccc4)[C@]3(c3cc4cnn(-c5ccc(F)cc5)c4cc3C)C2)n1. The number of aryl methyl sites for hydroxylation is 2. The van der Waals surface area contributed by atoms with Gasteiger partial charge in [0.25, 0.3) is 5.91 Å². The molecule has 7 heteroatoms. The van der Waals surface area contributed by atoms with E-state index in [2.05, 4.69) is 59.5 Å². The number of likely N-dealkylation sites (tertiary alicyclic amines) is 1. The highest BCUT2D eigenvalue weighted by atomic mass is 32.1. The lowest BCUT2D eigenvalue weighted by Gasteiger charge is -2.25. The molecule has 0 radical (unpaired) electrons. The van der Waals surface area contributed by atoms with Gasteiger partial charge in [-0.25, -0.2) is 14.1 Å². The highest BCUT2D eigenvalue weighted by Crippen LogP contribution is 2.70. The summed E-state index contributed by atoms with van der Waals surface area (Å²) in [6.07, 6.45) is 1.88. The topological polar surface area (TPSA) is 51.0 Å². The van der Waals surface area contributed by atoms with Crippen molar-refractivity contribution in [2.24, 2.45) is 5.92 Å². The molecular formula is C30H25FN4OS. The standard InChI is InChI=1S/C30H25FN4OS/c1-18-12-26-21(14-32-35(26)23-10-8-22(31)9-11-23)13-24(18)30-17-34(29(36)28-33-19(2)16-37-28)15-25(30)27(30)20-6-4-3-5-7-20/h3-14,16,25,27H,15,17H2,1-2H3/t25-,27-,30+/m1/s1. The number of nitrogens with zero attached hydrogens (tertiary/aromatic N) is 4. The quantitative estimate of drug-likeness (QED) is 0.297. The first-order valence-electron chi connectivity index (χ1n) is 12.5. The number of aromatic nitrogens is 3. The first-order chi connectivity index (χ1) is 18.0. The number of benzene rings is 3. The molecule has 3 heterocycles. The average Bonchev–Trinajstić information content (AvgIpc) is 3.32. The summed E-state index contributed by atoms with van der Waals surface area (Å²) < 4.78 is 15.4. The molecule has 37 heavy (non-hydrogen) atoms. The molecule has 0 N–H and O–H groups in total. The number of amides is 1. The van der Waals surface area contributed by atoms with Crippen LogP contribution in [-0.4, -0.2) is 38.7 Å². The molecule has 0 unspecified atom stereocenters. The predicted octanol–water partition coefficient (Wildman–Crippen LogP) is 6.05. The average molecular weight is 509 g/mol. The van der Waals surface area contributed by atoms with Crippen LogP contribution in [-0.2, 0) is 5.41 Å². The van der Waals surface area contributed by atoms with Crippen LogP contribution in [0.15, 0.2) is 78.3 Å². The number of fused-ring (bicyclic) bond motifs is 2. The zero-order valence-corrected chi connectivity index (χ0v) is 21.4. The number of carbonyl (C=O) groups is 1. The van der Waals surface area contributed by atoms with E-state index in [1.165, 1.54) is 40.2 Å². The highest BCUT2D eigenvalue weighted by Gasteiger charge is 2.71. The van der Waals surface area contributed by atoms with Gasteiger partial charge in [0.2, 0.25) is 0 Å². The Balaban J connectivity index is 1.31. The van der Waals surface area contributed by atoms with Crippen molar-refractivity contribution in [1.29, 1.82) is 0 Å². The Morgan fingerprint density at radius 2 is 1.86 bits per heavy atom. The zero-order chi connectivity index (χ0) is 25.3. The predicted molar refractivity (Wildman–Crippen MR) is 143 cm³/mol. The van der Waals surface area contributed by atoms with E-state index in [1.807, 2.05) is 28.1 Å². The third kappa shape index (κ3) is 3.37. The minimum absolute atomic E-state index is 0.0272. The van der Waals surface area contributed by atoms with Crippen LogP contribution in [0.2, 0.25) is 0 Å². The van der Waals surface area contributed by atoms with Gasteiger partial charge in [-0.1, -0.05) is 30.3 Å². The van der Waals surface area contributed by atoms with Gasteiger partial charge in [-0.05, 0) is 72.9 Å². The molecule has 5 nitrogen and oxygen atoms in total. The summed E-state index contributed by atoms with van der Waals surface area (Å²) in [5, 5.41) is 8.17. The van der Waals surface area contributed by atoms with Crippen LogP contribution >= 0.6 is 11.3 Å². The zero-order valence-electron chi connectivity index (χ0n) is 20.6. The summed E-state index contributed by atoms with van der Waals surface area (Å²) in [6, 6.07) is 21.5. The van der Waals surface area contributed by atoms with Crippen LogP contribution < -0.4 is 0 Å². The van der Waals surface area contributed by atoms with Crippen LogP contribution in [0.3, 0.4) is 0 Å². The van der Waals surface area contributed by atoms with Gasteiger partial charge in [-0.3, -0.25) is 4.79 Å². The molecule has 184 valence electrons. The van der Waals surface area contributed by atoms with Gasteiger partial charge in [0.1, 0.15) is 5.82 Å². The number of hydrogen-bond acceptors (Lipinski definition) is 4. The van der Waals surface area contributed by atoms with Crippen LogP contribution in [0.5, 0.6) is 0 Å². The fourth-order valence-corrected chi connectivity index (χ4v) is 7.23. The number of piperidine rings is 1. The number of carbonyl (C=O) groups excluding carboxylic acids is 1. The third-order valence-electron chi connectivity index (χ3n) is 8.11. The maximum Gasteiger partial charge on any atom is 0.282 e. The minimum atomic E-state index is -0.266. The summed E-state index contributed by atoms with van der Waals surface area (Å²) >= 11 is 1.42. The molecule has 1 amide bonds. The van der Waals surface area contributed by atoms with E-state index >= 15 is 0 Å². The number of halogens is 1. The second kappa shape index (κ2) is 8.08. The molecule has 3 aromatic carbocycles. The third-order valence-corrected chi connectivity index (χ3v) is 9.06. The van der Waals surface area contributed by atoms with Crippen molar-refractivity contribution in [1.82, 2.24) is 19.7 Å². The summed E-state index contributed by atoms with van der Waals surface area (Å²) in [5.74, 6) is 0.472. The molecule has 0 spiro atoms. The van der Waals surface area contributed by atoms with Crippen molar-refractivity contribution in [2.75, 3.05) is 13.1 Å². The lowest BCUT2D eigenvalue weighted by Crippen LogP contribution is -2.34. The van der Waals surface area contributed by atoms with E-state index < -0.39 is 0 Å². The van der Waals surface area contributed by atoms with Gasteiger partial charge in [-0.2, -0.15) is 5.10 Å². The van der Waals surface area contributed by atoms with Crippen molar-refractivity contribution in [2.45, 2.75) is 25.2 Å². The van der Waals surface area contributed by atoms with Crippen molar-refractivity contribution in [3.05, 3.63) is 112 Å². The van der Waals surface area contributed by atoms with E-state index in [-0.39, 0.29) is 17.1 Å².